The smallest absolute Gasteiger partial charge is 0.179 e. The SMILES string of the molecule is N#Cc1ccccc1N(c1ccc([Si](c2ccccc2)(c2ccccc2)c2ccccc2)cc1)c1ccc2ccc3c(N(c4ccccc4)c4ccccc4)ccc4ccc1c2c43. The highest BCUT2D eigenvalue weighted by Gasteiger charge is 2.41. The monoisotopic (exact) mass is 819 g/mol. The molecular formula is C59H41N3Si. The second-order valence-corrected chi connectivity index (χ2v) is 19.8. The predicted octanol–water partition coefficient (Wildman–Crippen LogP) is 12.8. The minimum Gasteiger partial charge on any atom is -0.310 e. The molecule has 4 heteroatoms. The number of anilines is 6. The standard InChI is InChI=1S/C59H41N3Si/c60-42-45-18-16-17-29-55(45)62(48-34-36-52(37-35-48)63(49-23-10-3-11-24-49,50-25-12-4-13-26-50)51-27-14-5-15-28-51)57-41-33-44-30-38-53-56(40-32-43-31-39-54(57)59(44)58(43)53)61(46-19-6-1-7-20-46)47-21-8-2-9-22-47/h1-41H. The van der Waals surface area contributed by atoms with E-state index < -0.39 is 8.07 Å². The zero-order valence-electron chi connectivity index (χ0n) is 34.5. The van der Waals surface area contributed by atoms with Gasteiger partial charge >= 0.3 is 0 Å². The van der Waals surface area contributed by atoms with E-state index in [2.05, 4.69) is 246 Å². The first kappa shape index (κ1) is 37.7. The zero-order chi connectivity index (χ0) is 42.2. The van der Waals surface area contributed by atoms with Crippen molar-refractivity contribution in [1.29, 1.82) is 5.26 Å². The second-order valence-electron chi connectivity index (χ2n) is 16.0. The minimum absolute atomic E-state index is 0.609. The summed E-state index contributed by atoms with van der Waals surface area (Å²) < 4.78 is 0. The van der Waals surface area contributed by atoms with Crippen LogP contribution >= 0.6 is 0 Å². The molecule has 3 nitrogen and oxygen atoms in total. The van der Waals surface area contributed by atoms with Gasteiger partial charge in [-0.2, -0.15) is 5.26 Å². The Kier molecular flexibility index (Phi) is 9.58. The molecule has 0 bridgehead atoms. The molecule has 0 N–H and O–H groups in total. The molecular weight excluding hydrogens is 779 g/mol. The molecule has 0 radical (unpaired) electrons. The summed E-state index contributed by atoms with van der Waals surface area (Å²) in [4.78, 5) is 4.64. The van der Waals surface area contributed by atoms with Crippen molar-refractivity contribution in [1.82, 2.24) is 0 Å². The average Bonchev–Trinajstić information content (AvgIpc) is 3.36. The summed E-state index contributed by atoms with van der Waals surface area (Å²) in [7, 11) is -2.76. The first-order valence-corrected chi connectivity index (χ1v) is 23.4. The molecule has 0 aliphatic heterocycles. The van der Waals surface area contributed by atoms with Crippen molar-refractivity contribution < 1.29 is 0 Å². The lowest BCUT2D eigenvalue weighted by Gasteiger charge is -2.35. The number of benzene rings is 11. The van der Waals surface area contributed by atoms with E-state index in [0.29, 0.717) is 5.56 Å². The van der Waals surface area contributed by atoms with Crippen molar-refractivity contribution in [2.45, 2.75) is 0 Å². The number of nitriles is 1. The van der Waals surface area contributed by atoms with Gasteiger partial charge in [-0.3, -0.25) is 0 Å². The quantitative estimate of drug-likeness (QED) is 0.0782. The molecule has 0 atom stereocenters. The molecule has 0 heterocycles. The number of hydrogen-bond acceptors (Lipinski definition) is 3. The van der Waals surface area contributed by atoms with Crippen LogP contribution in [0.2, 0.25) is 0 Å². The van der Waals surface area contributed by atoms with Gasteiger partial charge in [-0.25, -0.2) is 0 Å². The molecule has 11 aromatic carbocycles. The fourth-order valence-electron chi connectivity index (χ4n) is 9.84. The van der Waals surface area contributed by atoms with Crippen LogP contribution in [0.5, 0.6) is 0 Å². The van der Waals surface area contributed by atoms with Gasteiger partial charge in [0.05, 0.1) is 22.6 Å². The van der Waals surface area contributed by atoms with Gasteiger partial charge in [-0.15, -0.1) is 0 Å². The molecule has 0 aliphatic rings. The highest BCUT2D eigenvalue weighted by molar-refractivity contribution is 7.19. The van der Waals surface area contributed by atoms with E-state index in [1.54, 1.807) is 0 Å². The van der Waals surface area contributed by atoms with Crippen LogP contribution in [0.25, 0.3) is 32.3 Å². The van der Waals surface area contributed by atoms with E-state index in [1.165, 1.54) is 47.7 Å². The molecule has 0 aliphatic carbocycles. The lowest BCUT2D eigenvalue weighted by Crippen LogP contribution is -2.74. The Hall–Kier alpha value is -8.23. The van der Waals surface area contributed by atoms with Crippen LogP contribution in [0.4, 0.5) is 34.1 Å². The van der Waals surface area contributed by atoms with Crippen LogP contribution in [0.1, 0.15) is 5.56 Å². The fourth-order valence-corrected chi connectivity index (χ4v) is 14.6. The third-order valence-corrected chi connectivity index (χ3v) is 17.4. The number of hydrogen-bond donors (Lipinski definition) is 0. The topological polar surface area (TPSA) is 30.3 Å². The van der Waals surface area contributed by atoms with E-state index in [1.807, 2.05) is 18.2 Å². The van der Waals surface area contributed by atoms with Gasteiger partial charge in [-0.05, 0) is 103 Å². The third kappa shape index (κ3) is 6.34. The molecule has 11 rings (SSSR count). The summed E-state index contributed by atoms with van der Waals surface area (Å²) in [6, 6.07) is 92.0. The summed E-state index contributed by atoms with van der Waals surface area (Å²) in [5, 5.41) is 22.9. The van der Waals surface area contributed by atoms with E-state index in [9.17, 15) is 5.26 Å². The van der Waals surface area contributed by atoms with Crippen molar-refractivity contribution in [2.75, 3.05) is 9.80 Å². The Balaban J connectivity index is 1.14. The van der Waals surface area contributed by atoms with Crippen molar-refractivity contribution >= 4 is 95.3 Å². The van der Waals surface area contributed by atoms with E-state index >= 15 is 0 Å². The van der Waals surface area contributed by atoms with Gasteiger partial charge in [0.2, 0.25) is 0 Å². The number of nitrogens with zero attached hydrogens (tertiary/aromatic N) is 3. The maximum atomic E-state index is 10.6. The second kappa shape index (κ2) is 16.0. The maximum absolute atomic E-state index is 10.6. The van der Waals surface area contributed by atoms with E-state index in [4.69, 9.17) is 0 Å². The first-order chi connectivity index (χ1) is 31.2. The first-order valence-electron chi connectivity index (χ1n) is 21.4. The van der Waals surface area contributed by atoms with Gasteiger partial charge < -0.3 is 9.80 Å². The molecule has 296 valence electrons. The highest BCUT2D eigenvalue weighted by Crippen LogP contribution is 2.47. The largest absolute Gasteiger partial charge is 0.310 e. The summed E-state index contributed by atoms with van der Waals surface area (Å²) in [5.74, 6) is 0. The maximum Gasteiger partial charge on any atom is 0.179 e. The van der Waals surface area contributed by atoms with Gasteiger partial charge in [0, 0.05) is 27.8 Å². The number of rotatable bonds is 10. The Morgan fingerprint density at radius 1 is 0.302 bits per heavy atom. The number of para-hydroxylation sites is 3. The summed E-state index contributed by atoms with van der Waals surface area (Å²) in [6.07, 6.45) is 0. The predicted molar refractivity (Wildman–Crippen MR) is 268 cm³/mol. The molecule has 11 aromatic rings. The summed E-state index contributed by atoms with van der Waals surface area (Å²) in [5.41, 5.74) is 6.75. The van der Waals surface area contributed by atoms with Gasteiger partial charge in [0.1, 0.15) is 6.07 Å². The molecule has 0 saturated heterocycles. The van der Waals surface area contributed by atoms with Crippen LogP contribution in [0.3, 0.4) is 0 Å². The lowest BCUT2D eigenvalue weighted by atomic mass is 9.91. The third-order valence-electron chi connectivity index (χ3n) is 12.6. The van der Waals surface area contributed by atoms with Crippen LogP contribution in [-0.2, 0) is 0 Å². The van der Waals surface area contributed by atoms with Crippen molar-refractivity contribution in [3.63, 3.8) is 0 Å². The zero-order valence-corrected chi connectivity index (χ0v) is 35.5. The molecule has 0 aromatic heterocycles. The van der Waals surface area contributed by atoms with Crippen molar-refractivity contribution in [2.24, 2.45) is 0 Å². The van der Waals surface area contributed by atoms with E-state index in [0.717, 1.165) is 39.5 Å². The molecule has 0 saturated carbocycles. The van der Waals surface area contributed by atoms with Crippen molar-refractivity contribution in [3.8, 4) is 6.07 Å². The Morgan fingerprint density at radius 2 is 0.667 bits per heavy atom. The van der Waals surface area contributed by atoms with Crippen molar-refractivity contribution in [3.05, 3.63) is 254 Å². The lowest BCUT2D eigenvalue weighted by molar-refractivity contribution is 1.28. The van der Waals surface area contributed by atoms with Crippen LogP contribution < -0.4 is 30.5 Å². The highest BCUT2D eigenvalue weighted by atomic mass is 28.3. The van der Waals surface area contributed by atoms with Gasteiger partial charge in [-0.1, -0.05) is 188 Å². The summed E-state index contributed by atoms with van der Waals surface area (Å²) in [6.45, 7) is 0. The van der Waals surface area contributed by atoms with Gasteiger partial charge in [0.15, 0.2) is 8.07 Å². The Bertz CT molecular complexity index is 3250. The van der Waals surface area contributed by atoms with E-state index in [-0.39, 0.29) is 0 Å². The Morgan fingerprint density at radius 3 is 1.13 bits per heavy atom. The van der Waals surface area contributed by atoms with Crippen LogP contribution in [-0.4, -0.2) is 8.07 Å². The van der Waals surface area contributed by atoms with Gasteiger partial charge in [0.25, 0.3) is 0 Å². The molecule has 0 amide bonds. The molecule has 0 unspecified atom stereocenters. The molecule has 0 fully saturated rings. The van der Waals surface area contributed by atoms with Crippen LogP contribution in [0.15, 0.2) is 249 Å². The fraction of sp³-hybridized carbons (Fsp3) is 0. The minimum atomic E-state index is -2.76. The molecule has 0 spiro atoms. The van der Waals surface area contributed by atoms with Crippen LogP contribution in [0, 0.1) is 11.3 Å². The molecule has 63 heavy (non-hydrogen) atoms. The average molecular weight is 820 g/mol. The Labute approximate surface area is 369 Å². The summed E-state index contributed by atoms with van der Waals surface area (Å²) >= 11 is 0. The normalized spacial score (nSPS) is 11.5.